The Balaban J connectivity index is 1.33. The number of aromatic nitrogens is 4. The first-order valence-corrected chi connectivity index (χ1v) is 12.6. The van der Waals surface area contributed by atoms with Crippen molar-refractivity contribution in [3.05, 3.63) is 52.5 Å². The summed E-state index contributed by atoms with van der Waals surface area (Å²) in [4.78, 5) is 9.70. The van der Waals surface area contributed by atoms with Crippen LogP contribution < -0.4 is 0 Å². The van der Waals surface area contributed by atoms with E-state index in [1.165, 1.54) is 11.1 Å². The van der Waals surface area contributed by atoms with Gasteiger partial charge in [-0.25, -0.2) is 9.97 Å². The zero-order chi connectivity index (χ0) is 23.4. The summed E-state index contributed by atoms with van der Waals surface area (Å²) in [6.07, 6.45) is 8.27. The van der Waals surface area contributed by atoms with Gasteiger partial charge < -0.3 is 13.8 Å². The maximum absolute atomic E-state index is 6.00. The summed E-state index contributed by atoms with van der Waals surface area (Å²) in [6, 6.07) is 2.04. The van der Waals surface area contributed by atoms with Crippen LogP contribution in [0, 0.1) is 0 Å². The molecule has 2 saturated carbocycles. The SMILES string of the molecule is CC(C)c1noc(C2CC2c2ccnc(-c3c(C(C)C)noc3C3CC3)n2)c1C1=CCOCC1. The molecule has 3 aliphatic rings. The molecule has 4 heterocycles. The van der Waals surface area contributed by atoms with E-state index in [0.717, 1.165) is 72.3 Å². The van der Waals surface area contributed by atoms with Crippen LogP contribution in [0.25, 0.3) is 17.0 Å². The quantitative estimate of drug-likeness (QED) is 0.408. The highest BCUT2D eigenvalue weighted by atomic mass is 16.5. The first-order chi connectivity index (χ1) is 16.5. The van der Waals surface area contributed by atoms with E-state index in [0.29, 0.717) is 24.4 Å². The summed E-state index contributed by atoms with van der Waals surface area (Å²) < 4.78 is 17.3. The lowest BCUT2D eigenvalue weighted by Crippen LogP contribution is -2.06. The predicted octanol–water partition coefficient (Wildman–Crippen LogP) is 6.32. The highest BCUT2D eigenvalue weighted by molar-refractivity contribution is 5.71. The molecule has 1 aliphatic heterocycles. The molecule has 6 rings (SSSR count). The van der Waals surface area contributed by atoms with Gasteiger partial charge in [0.15, 0.2) is 11.6 Å². The van der Waals surface area contributed by atoms with Gasteiger partial charge in [-0.3, -0.25) is 0 Å². The molecule has 0 radical (unpaired) electrons. The maximum atomic E-state index is 6.00. The van der Waals surface area contributed by atoms with Crippen LogP contribution in [0.5, 0.6) is 0 Å². The van der Waals surface area contributed by atoms with Crippen LogP contribution in [0.2, 0.25) is 0 Å². The topological polar surface area (TPSA) is 87.1 Å². The van der Waals surface area contributed by atoms with Crippen LogP contribution in [0.15, 0.2) is 27.4 Å². The van der Waals surface area contributed by atoms with Crippen molar-refractivity contribution < 1.29 is 13.8 Å². The first-order valence-electron chi connectivity index (χ1n) is 12.6. The molecule has 0 bridgehead atoms. The molecule has 2 unspecified atom stereocenters. The second kappa shape index (κ2) is 8.45. The van der Waals surface area contributed by atoms with Crippen molar-refractivity contribution in [1.82, 2.24) is 20.3 Å². The summed E-state index contributed by atoms with van der Waals surface area (Å²) in [5.74, 6) is 4.32. The van der Waals surface area contributed by atoms with Gasteiger partial charge in [0.2, 0.25) is 0 Å². The Morgan fingerprint density at radius 3 is 2.32 bits per heavy atom. The smallest absolute Gasteiger partial charge is 0.164 e. The second-order valence-corrected chi connectivity index (χ2v) is 10.5. The normalized spacial score (nSPS) is 22.5. The highest BCUT2D eigenvalue weighted by Crippen LogP contribution is 2.57. The molecule has 2 atom stereocenters. The Kier molecular flexibility index (Phi) is 5.40. The lowest BCUT2D eigenvalue weighted by atomic mass is 9.93. The van der Waals surface area contributed by atoms with Crippen LogP contribution in [0.4, 0.5) is 0 Å². The molecule has 0 N–H and O–H groups in total. The Bertz CT molecular complexity index is 1210. The number of hydrogen-bond acceptors (Lipinski definition) is 7. The van der Waals surface area contributed by atoms with E-state index in [9.17, 15) is 0 Å². The third-order valence-electron chi connectivity index (χ3n) is 7.22. The van der Waals surface area contributed by atoms with Crippen LogP contribution in [-0.4, -0.2) is 33.5 Å². The molecule has 34 heavy (non-hydrogen) atoms. The number of nitrogens with zero attached hydrogens (tertiary/aromatic N) is 4. The molecular formula is C27H32N4O3. The van der Waals surface area contributed by atoms with E-state index in [1.807, 2.05) is 12.3 Å². The van der Waals surface area contributed by atoms with Crippen LogP contribution in [0.1, 0.15) is 117 Å². The Hall–Kier alpha value is -2.80. The standard InChI is InChI=1S/C27H32N4O3/c1-14(2)23-21(16-8-11-32-12-9-16)26(34-30-23)19-13-18(19)20-7-10-28-27(29-20)22-24(15(3)4)31-33-25(22)17-5-6-17/h7-8,10,14-15,17-19H,5-6,9,11-13H2,1-4H3. The maximum Gasteiger partial charge on any atom is 0.164 e. The minimum atomic E-state index is 0.256. The highest BCUT2D eigenvalue weighted by Gasteiger charge is 2.46. The largest absolute Gasteiger partial charge is 0.377 e. The fourth-order valence-corrected chi connectivity index (χ4v) is 5.11. The van der Waals surface area contributed by atoms with Gasteiger partial charge in [0.25, 0.3) is 0 Å². The average Bonchev–Trinajstić information content (AvgIpc) is 3.76. The average molecular weight is 461 g/mol. The van der Waals surface area contributed by atoms with Gasteiger partial charge in [-0.2, -0.15) is 0 Å². The van der Waals surface area contributed by atoms with Gasteiger partial charge in [0.1, 0.15) is 5.76 Å². The lowest BCUT2D eigenvalue weighted by Gasteiger charge is -2.15. The molecule has 178 valence electrons. The predicted molar refractivity (Wildman–Crippen MR) is 128 cm³/mol. The van der Waals surface area contributed by atoms with Crippen molar-refractivity contribution in [2.45, 2.75) is 83.0 Å². The summed E-state index contributed by atoms with van der Waals surface area (Å²) >= 11 is 0. The second-order valence-electron chi connectivity index (χ2n) is 10.5. The lowest BCUT2D eigenvalue weighted by molar-refractivity contribution is 0.161. The summed E-state index contributed by atoms with van der Waals surface area (Å²) in [7, 11) is 0. The zero-order valence-electron chi connectivity index (χ0n) is 20.4. The molecule has 2 fully saturated rings. The van der Waals surface area contributed by atoms with Crippen LogP contribution in [-0.2, 0) is 4.74 Å². The van der Waals surface area contributed by atoms with E-state index >= 15 is 0 Å². The van der Waals surface area contributed by atoms with E-state index in [4.69, 9.17) is 18.8 Å². The third-order valence-corrected chi connectivity index (χ3v) is 7.22. The minimum Gasteiger partial charge on any atom is -0.377 e. The Labute approximate surface area is 200 Å². The Morgan fingerprint density at radius 1 is 0.912 bits per heavy atom. The van der Waals surface area contributed by atoms with Crippen molar-refractivity contribution in [2.75, 3.05) is 13.2 Å². The third kappa shape index (κ3) is 3.80. The minimum absolute atomic E-state index is 0.256. The summed E-state index contributed by atoms with van der Waals surface area (Å²) in [5.41, 5.74) is 6.58. The van der Waals surface area contributed by atoms with Gasteiger partial charge in [-0.1, -0.05) is 44.1 Å². The molecule has 0 spiro atoms. The fourth-order valence-electron chi connectivity index (χ4n) is 5.11. The molecule has 7 heteroatoms. The fraction of sp³-hybridized carbons (Fsp3) is 0.556. The number of hydrogen-bond donors (Lipinski definition) is 0. The van der Waals surface area contributed by atoms with Crippen molar-refractivity contribution in [3.63, 3.8) is 0 Å². The monoisotopic (exact) mass is 460 g/mol. The molecule has 3 aromatic heterocycles. The number of rotatable bonds is 7. The molecule has 0 aromatic carbocycles. The first kappa shape index (κ1) is 21.7. The van der Waals surface area contributed by atoms with Crippen molar-refractivity contribution in [1.29, 1.82) is 0 Å². The van der Waals surface area contributed by atoms with E-state index in [-0.39, 0.29) is 11.8 Å². The van der Waals surface area contributed by atoms with Crippen LogP contribution >= 0.6 is 0 Å². The van der Waals surface area contributed by atoms with E-state index < -0.39 is 0 Å². The number of ether oxygens (including phenoxy) is 1. The Morgan fingerprint density at radius 2 is 1.65 bits per heavy atom. The van der Waals surface area contributed by atoms with Crippen LogP contribution in [0.3, 0.4) is 0 Å². The van der Waals surface area contributed by atoms with Crippen molar-refractivity contribution in [3.8, 4) is 11.4 Å². The van der Waals surface area contributed by atoms with E-state index in [2.05, 4.69) is 49.1 Å². The molecule has 7 nitrogen and oxygen atoms in total. The molecule has 2 aliphatic carbocycles. The van der Waals surface area contributed by atoms with Gasteiger partial charge in [0, 0.05) is 35.2 Å². The summed E-state index contributed by atoms with van der Waals surface area (Å²) in [6.45, 7) is 10.0. The molecule has 0 amide bonds. The summed E-state index contributed by atoms with van der Waals surface area (Å²) in [5, 5.41) is 8.89. The van der Waals surface area contributed by atoms with Crippen molar-refractivity contribution >= 4 is 5.57 Å². The molecule has 3 aromatic rings. The molecular weight excluding hydrogens is 428 g/mol. The van der Waals surface area contributed by atoms with Gasteiger partial charge in [-0.05, 0) is 49.2 Å². The molecule has 0 saturated heterocycles. The van der Waals surface area contributed by atoms with Crippen molar-refractivity contribution in [2.24, 2.45) is 0 Å². The van der Waals surface area contributed by atoms with Gasteiger partial charge >= 0.3 is 0 Å². The van der Waals surface area contributed by atoms with Gasteiger partial charge in [-0.15, -0.1) is 0 Å². The zero-order valence-corrected chi connectivity index (χ0v) is 20.4. The van der Waals surface area contributed by atoms with Gasteiger partial charge in [0.05, 0.1) is 30.2 Å². The van der Waals surface area contributed by atoms with E-state index in [1.54, 1.807) is 0 Å².